The average molecular weight is 277 g/mol. The molecule has 1 aromatic heterocycles. The van der Waals surface area contributed by atoms with E-state index in [1.807, 2.05) is 36.4 Å². The van der Waals surface area contributed by atoms with Gasteiger partial charge < -0.3 is 10.7 Å². The molecule has 3 nitrogen and oxygen atoms in total. The van der Waals surface area contributed by atoms with Gasteiger partial charge in [-0.25, -0.2) is 4.39 Å². The molecule has 102 valence electrons. The molecular weight excluding hydrogens is 265 g/mol. The van der Waals surface area contributed by atoms with Crippen LogP contribution in [-0.2, 0) is 0 Å². The number of rotatable bonds is 2. The Labute approximate surface area is 121 Å². The number of fused-ring (bicyclic) bond motifs is 1. The number of nitrogens with one attached hydrogen (secondary N) is 1. The molecule has 0 atom stereocenters. The number of benzene rings is 2. The average Bonchev–Trinajstić information content (AvgIpc) is 2.79. The lowest BCUT2D eigenvalue weighted by atomic mass is 10.1. The van der Waals surface area contributed by atoms with Crippen LogP contribution >= 0.6 is 0 Å². The van der Waals surface area contributed by atoms with E-state index in [0.717, 1.165) is 22.0 Å². The summed E-state index contributed by atoms with van der Waals surface area (Å²) in [6, 6.07) is 14.1. The van der Waals surface area contributed by atoms with E-state index < -0.39 is 0 Å². The molecule has 21 heavy (non-hydrogen) atoms. The minimum Gasteiger partial charge on any atom is -0.384 e. The summed E-state index contributed by atoms with van der Waals surface area (Å²) in [7, 11) is 0. The second-order valence-electron chi connectivity index (χ2n) is 4.72. The van der Waals surface area contributed by atoms with Crippen LogP contribution in [0.3, 0.4) is 0 Å². The normalized spacial score (nSPS) is 11.0. The Morgan fingerprint density at radius 2 is 1.86 bits per heavy atom. The van der Waals surface area contributed by atoms with E-state index in [9.17, 15) is 4.39 Å². The van der Waals surface area contributed by atoms with Crippen LogP contribution in [0.1, 0.15) is 16.7 Å². The van der Waals surface area contributed by atoms with Gasteiger partial charge in [0.05, 0.1) is 0 Å². The summed E-state index contributed by atoms with van der Waals surface area (Å²) < 4.78 is 13.1. The summed E-state index contributed by atoms with van der Waals surface area (Å²) >= 11 is 0. The van der Waals surface area contributed by atoms with Gasteiger partial charge in [-0.15, -0.1) is 0 Å². The maximum atomic E-state index is 13.1. The van der Waals surface area contributed by atoms with Gasteiger partial charge in [0.1, 0.15) is 23.3 Å². The second kappa shape index (κ2) is 5.14. The Bertz CT molecular complexity index is 885. The Morgan fingerprint density at radius 3 is 2.57 bits per heavy atom. The van der Waals surface area contributed by atoms with Gasteiger partial charge in [-0.3, -0.25) is 0 Å². The van der Waals surface area contributed by atoms with E-state index in [1.165, 1.54) is 12.1 Å². The van der Waals surface area contributed by atoms with Crippen molar-refractivity contribution in [3.8, 4) is 6.07 Å². The zero-order chi connectivity index (χ0) is 14.8. The smallest absolute Gasteiger partial charge is 0.123 e. The number of H-pyrrole nitrogens is 1. The summed E-state index contributed by atoms with van der Waals surface area (Å²) in [6.45, 7) is 0. The molecular formula is C17H12FN3. The van der Waals surface area contributed by atoms with Crippen molar-refractivity contribution in [2.24, 2.45) is 0 Å². The fraction of sp³-hybridized carbons (Fsp3) is 0. The highest BCUT2D eigenvalue weighted by Crippen LogP contribution is 2.25. The van der Waals surface area contributed by atoms with Crippen LogP contribution in [0.15, 0.2) is 42.5 Å². The quantitative estimate of drug-likeness (QED) is 0.697. The van der Waals surface area contributed by atoms with Crippen LogP contribution in [0.5, 0.6) is 0 Å². The first-order chi connectivity index (χ1) is 10.2. The largest absolute Gasteiger partial charge is 0.384 e. The maximum Gasteiger partial charge on any atom is 0.123 e. The third-order valence-corrected chi connectivity index (χ3v) is 3.28. The van der Waals surface area contributed by atoms with E-state index >= 15 is 0 Å². The maximum absolute atomic E-state index is 13.1. The molecule has 0 aliphatic carbocycles. The summed E-state index contributed by atoms with van der Waals surface area (Å²) in [5.74, 6) is 0.113. The third kappa shape index (κ3) is 2.49. The molecule has 3 N–H and O–H groups in total. The van der Waals surface area contributed by atoms with Crippen LogP contribution < -0.4 is 5.73 Å². The van der Waals surface area contributed by atoms with Crippen LogP contribution in [0, 0.1) is 17.1 Å². The molecule has 3 aromatic rings. The molecule has 0 amide bonds. The van der Waals surface area contributed by atoms with Crippen LogP contribution in [0.2, 0.25) is 0 Å². The number of hydrogen-bond donors (Lipinski definition) is 2. The zero-order valence-electron chi connectivity index (χ0n) is 11.1. The van der Waals surface area contributed by atoms with Crippen molar-refractivity contribution >= 4 is 28.9 Å². The molecule has 3 rings (SSSR count). The van der Waals surface area contributed by atoms with Gasteiger partial charge in [0.2, 0.25) is 0 Å². The minimum atomic E-state index is -0.261. The standard InChI is InChI=1S/C17H12FN3/c18-13-3-1-2-11(8-13)4-5-12-6-7-14-15(10-19)17(20)21-16(14)9-12/h1-9,21H,20H2/b5-4+. The van der Waals surface area contributed by atoms with Crippen molar-refractivity contribution in [2.45, 2.75) is 0 Å². The first-order valence-electron chi connectivity index (χ1n) is 6.42. The van der Waals surface area contributed by atoms with Crippen molar-refractivity contribution in [1.29, 1.82) is 5.26 Å². The van der Waals surface area contributed by atoms with E-state index in [1.54, 1.807) is 6.07 Å². The predicted octanol–water partition coefficient (Wildman–Crippen LogP) is 3.93. The van der Waals surface area contributed by atoms with Crippen molar-refractivity contribution in [2.75, 3.05) is 5.73 Å². The zero-order valence-corrected chi connectivity index (χ0v) is 11.1. The van der Waals surface area contributed by atoms with Crippen molar-refractivity contribution in [3.63, 3.8) is 0 Å². The van der Waals surface area contributed by atoms with E-state index in [2.05, 4.69) is 11.1 Å². The van der Waals surface area contributed by atoms with E-state index in [-0.39, 0.29) is 5.82 Å². The van der Waals surface area contributed by atoms with E-state index in [0.29, 0.717) is 11.4 Å². The molecule has 0 spiro atoms. The monoisotopic (exact) mass is 277 g/mol. The number of aromatic amines is 1. The SMILES string of the molecule is N#Cc1c(N)[nH]c2cc(/C=C/c3cccc(F)c3)ccc12. The highest BCUT2D eigenvalue weighted by atomic mass is 19.1. The lowest BCUT2D eigenvalue weighted by molar-refractivity contribution is 0.627. The van der Waals surface area contributed by atoms with Gasteiger partial charge >= 0.3 is 0 Å². The fourth-order valence-electron chi connectivity index (χ4n) is 2.26. The number of hydrogen-bond acceptors (Lipinski definition) is 2. The Morgan fingerprint density at radius 1 is 1.10 bits per heavy atom. The van der Waals surface area contributed by atoms with E-state index in [4.69, 9.17) is 11.0 Å². The van der Waals surface area contributed by atoms with Crippen LogP contribution in [0.25, 0.3) is 23.1 Å². The highest BCUT2D eigenvalue weighted by molar-refractivity contribution is 5.92. The first kappa shape index (κ1) is 12.9. The van der Waals surface area contributed by atoms with Gasteiger partial charge in [-0.05, 0) is 29.3 Å². The van der Waals surface area contributed by atoms with Gasteiger partial charge in [0, 0.05) is 10.9 Å². The number of aromatic nitrogens is 1. The summed E-state index contributed by atoms with van der Waals surface area (Å²) in [6.07, 6.45) is 3.72. The van der Waals surface area contributed by atoms with Crippen molar-refractivity contribution < 1.29 is 4.39 Å². The molecule has 1 heterocycles. The first-order valence-corrected chi connectivity index (χ1v) is 6.42. The number of halogens is 1. The topological polar surface area (TPSA) is 65.6 Å². The molecule has 0 fully saturated rings. The predicted molar refractivity (Wildman–Crippen MR) is 82.8 cm³/mol. The second-order valence-corrected chi connectivity index (χ2v) is 4.72. The molecule has 0 radical (unpaired) electrons. The number of anilines is 1. The molecule has 0 saturated carbocycles. The minimum absolute atomic E-state index is 0.261. The lowest BCUT2D eigenvalue weighted by Gasteiger charge is -1.96. The molecule has 0 aliphatic heterocycles. The van der Waals surface area contributed by atoms with Crippen molar-refractivity contribution in [1.82, 2.24) is 4.98 Å². The molecule has 0 bridgehead atoms. The van der Waals surface area contributed by atoms with Crippen LogP contribution in [0.4, 0.5) is 10.2 Å². The number of nitrogens with zero attached hydrogens (tertiary/aromatic N) is 1. The number of nitriles is 1. The summed E-state index contributed by atoms with van der Waals surface area (Å²) in [5.41, 5.74) is 8.76. The van der Waals surface area contributed by atoms with Crippen LogP contribution in [-0.4, -0.2) is 4.98 Å². The highest BCUT2D eigenvalue weighted by Gasteiger charge is 2.07. The summed E-state index contributed by atoms with van der Waals surface area (Å²) in [4.78, 5) is 2.99. The van der Waals surface area contributed by atoms with Gasteiger partial charge in [-0.1, -0.05) is 36.4 Å². The molecule has 0 unspecified atom stereocenters. The molecule has 0 saturated heterocycles. The van der Waals surface area contributed by atoms with Gasteiger partial charge in [-0.2, -0.15) is 5.26 Å². The fourth-order valence-corrected chi connectivity index (χ4v) is 2.26. The Kier molecular flexibility index (Phi) is 3.17. The Hall–Kier alpha value is -3.06. The molecule has 4 heteroatoms. The number of nitrogen functional groups attached to an aromatic ring is 1. The summed E-state index contributed by atoms with van der Waals surface area (Å²) in [5, 5.41) is 9.86. The van der Waals surface area contributed by atoms with Gasteiger partial charge in [0.25, 0.3) is 0 Å². The lowest BCUT2D eigenvalue weighted by Crippen LogP contribution is -1.85. The molecule has 0 aliphatic rings. The van der Waals surface area contributed by atoms with Crippen molar-refractivity contribution in [3.05, 3.63) is 65.0 Å². The third-order valence-electron chi connectivity index (χ3n) is 3.28. The number of nitrogens with two attached hydrogens (primary N) is 1. The Balaban J connectivity index is 1.97. The van der Waals surface area contributed by atoms with Gasteiger partial charge in [0.15, 0.2) is 0 Å². The molecule has 2 aromatic carbocycles.